The average Bonchev–Trinajstić information content (AvgIpc) is 1.79. The quantitative estimate of drug-likeness (QED) is 0.565. The van der Waals surface area contributed by atoms with Crippen molar-refractivity contribution >= 4 is 5.97 Å². The number of aliphatic carboxylic acids is 1. The molecular weight excluding hydrogens is 186 g/mol. The molecule has 84 valence electrons. The van der Waals surface area contributed by atoms with Crippen LogP contribution in [0.15, 0.2) is 0 Å². The van der Waals surface area contributed by atoms with Gasteiger partial charge in [-0.3, -0.25) is 0 Å². The number of rotatable bonds is 5. The van der Waals surface area contributed by atoms with E-state index in [4.69, 9.17) is 5.11 Å². The van der Waals surface area contributed by atoms with Crippen molar-refractivity contribution in [3.05, 3.63) is 0 Å². The molecule has 3 N–H and O–H groups in total. The van der Waals surface area contributed by atoms with Crippen LogP contribution in [0.1, 0.15) is 20.8 Å². The Kier molecular flexibility index (Phi) is 4.05. The third-order valence-electron chi connectivity index (χ3n) is 1.70. The molecule has 0 saturated carbocycles. The Morgan fingerprint density at radius 1 is 1.21 bits per heavy atom. The predicted octanol–water partition coefficient (Wildman–Crippen LogP) is -0.475. The summed E-state index contributed by atoms with van der Waals surface area (Å²) >= 11 is 0. The molecule has 5 nitrogen and oxygen atoms in total. The molecule has 0 amide bonds. The number of hydrogen-bond donors (Lipinski definition) is 3. The second kappa shape index (κ2) is 4.25. The van der Waals surface area contributed by atoms with E-state index in [0.29, 0.717) is 6.54 Å². The summed E-state index contributed by atoms with van der Waals surface area (Å²) in [6.45, 7) is 4.76. The van der Waals surface area contributed by atoms with Crippen LogP contribution >= 0.6 is 0 Å². The molecule has 0 saturated heterocycles. The maximum atomic E-state index is 10.6. The summed E-state index contributed by atoms with van der Waals surface area (Å²) in [4.78, 5) is 12.2. The molecule has 0 aromatic rings. The van der Waals surface area contributed by atoms with E-state index < -0.39 is 17.2 Å². The number of likely N-dealkylation sites (N-methyl/N-ethyl adjacent to an activating group) is 1. The Hall–Kier alpha value is -0.650. The molecule has 0 spiro atoms. The zero-order valence-corrected chi connectivity index (χ0v) is 9.11. The van der Waals surface area contributed by atoms with Gasteiger partial charge in [0.25, 0.3) is 0 Å². The number of nitrogens with zero attached hydrogens (tertiary/aromatic N) is 1. The highest BCUT2D eigenvalue weighted by molar-refractivity contribution is 5.76. The van der Waals surface area contributed by atoms with Crippen LogP contribution in [0.3, 0.4) is 0 Å². The highest BCUT2D eigenvalue weighted by Crippen LogP contribution is 2.09. The van der Waals surface area contributed by atoms with Gasteiger partial charge in [0.15, 0.2) is 5.60 Å². The Morgan fingerprint density at radius 3 is 1.93 bits per heavy atom. The summed E-state index contributed by atoms with van der Waals surface area (Å²) in [5, 5.41) is 27.5. The Labute approximate surface area is 84.0 Å². The highest BCUT2D eigenvalue weighted by Gasteiger charge is 2.32. The van der Waals surface area contributed by atoms with Gasteiger partial charge in [-0.2, -0.15) is 0 Å². The molecule has 0 heterocycles. The maximum absolute atomic E-state index is 10.6. The molecule has 5 heteroatoms. The van der Waals surface area contributed by atoms with Crippen molar-refractivity contribution in [2.24, 2.45) is 0 Å². The molecule has 0 radical (unpaired) electrons. The highest BCUT2D eigenvalue weighted by atomic mass is 16.4. The Balaban J connectivity index is 4.19. The van der Waals surface area contributed by atoms with Gasteiger partial charge < -0.3 is 20.2 Å². The van der Waals surface area contributed by atoms with Crippen molar-refractivity contribution in [1.29, 1.82) is 0 Å². The van der Waals surface area contributed by atoms with Crippen LogP contribution in [-0.2, 0) is 4.79 Å². The number of carbonyl (C=O) groups is 1. The lowest BCUT2D eigenvalue weighted by atomic mass is 10.1. The van der Waals surface area contributed by atoms with Gasteiger partial charge in [-0.15, -0.1) is 0 Å². The number of carboxylic acids is 1. The van der Waals surface area contributed by atoms with Crippen LogP contribution in [0, 0.1) is 0 Å². The fraction of sp³-hybridized carbons (Fsp3) is 0.889. The first-order valence-corrected chi connectivity index (χ1v) is 4.41. The minimum absolute atomic E-state index is 0.0215. The van der Waals surface area contributed by atoms with Gasteiger partial charge in [0.05, 0.1) is 5.60 Å². The van der Waals surface area contributed by atoms with Crippen LogP contribution in [0.2, 0.25) is 0 Å². The molecule has 14 heavy (non-hydrogen) atoms. The fourth-order valence-electron chi connectivity index (χ4n) is 1.31. The molecule has 0 fully saturated rings. The second-order valence-electron chi connectivity index (χ2n) is 4.56. The molecule has 0 bridgehead atoms. The lowest BCUT2D eigenvalue weighted by Gasteiger charge is -2.29. The van der Waals surface area contributed by atoms with E-state index in [-0.39, 0.29) is 6.54 Å². The molecule has 0 rings (SSSR count). The predicted molar refractivity (Wildman–Crippen MR) is 52.1 cm³/mol. The van der Waals surface area contributed by atoms with Gasteiger partial charge in [-0.25, -0.2) is 4.79 Å². The van der Waals surface area contributed by atoms with Crippen LogP contribution in [0.25, 0.3) is 0 Å². The zero-order valence-electron chi connectivity index (χ0n) is 9.11. The number of carboxylic acid groups (broad SMARTS) is 1. The number of aliphatic hydroxyl groups is 2. The van der Waals surface area contributed by atoms with Gasteiger partial charge in [-0.1, -0.05) is 0 Å². The number of hydrogen-bond acceptors (Lipinski definition) is 4. The molecular formula is C9H19NO4. The third-order valence-corrected chi connectivity index (χ3v) is 1.70. The van der Waals surface area contributed by atoms with Crippen molar-refractivity contribution in [2.45, 2.75) is 32.0 Å². The Morgan fingerprint density at radius 2 is 1.64 bits per heavy atom. The second-order valence-corrected chi connectivity index (χ2v) is 4.56. The summed E-state index contributed by atoms with van der Waals surface area (Å²) in [5.74, 6) is -1.26. The molecule has 1 atom stereocenters. The van der Waals surface area contributed by atoms with Crippen molar-refractivity contribution in [3.8, 4) is 0 Å². The standard InChI is InChI=1S/C9H19NO4/c1-8(2,13)5-10(4)6-9(3,14)7(11)12/h13-14H,5-6H2,1-4H3,(H,11,12). The van der Waals surface area contributed by atoms with Crippen LogP contribution in [-0.4, -0.2) is 57.5 Å². The van der Waals surface area contributed by atoms with E-state index >= 15 is 0 Å². The summed E-state index contributed by atoms with van der Waals surface area (Å²) in [5.41, 5.74) is -2.68. The van der Waals surface area contributed by atoms with Gasteiger partial charge >= 0.3 is 5.97 Å². The van der Waals surface area contributed by atoms with E-state index in [0.717, 1.165) is 0 Å². The first-order valence-electron chi connectivity index (χ1n) is 4.41. The van der Waals surface area contributed by atoms with Crippen molar-refractivity contribution in [1.82, 2.24) is 4.90 Å². The fourth-order valence-corrected chi connectivity index (χ4v) is 1.31. The third kappa shape index (κ3) is 5.16. The molecule has 0 aliphatic carbocycles. The topological polar surface area (TPSA) is 81.0 Å². The van der Waals surface area contributed by atoms with Crippen LogP contribution < -0.4 is 0 Å². The molecule has 0 aromatic heterocycles. The SMILES string of the molecule is CN(CC(C)(C)O)CC(C)(O)C(=O)O. The summed E-state index contributed by atoms with van der Waals surface area (Å²) < 4.78 is 0. The maximum Gasteiger partial charge on any atom is 0.336 e. The lowest BCUT2D eigenvalue weighted by molar-refractivity contribution is -0.158. The first-order chi connectivity index (χ1) is 6.04. The molecule has 1 unspecified atom stereocenters. The van der Waals surface area contributed by atoms with Crippen LogP contribution in [0.4, 0.5) is 0 Å². The average molecular weight is 205 g/mol. The van der Waals surface area contributed by atoms with Gasteiger partial charge in [-0.05, 0) is 27.8 Å². The molecule has 0 aromatic carbocycles. The normalized spacial score (nSPS) is 16.8. The van der Waals surface area contributed by atoms with E-state index in [1.54, 1.807) is 25.8 Å². The lowest BCUT2D eigenvalue weighted by Crippen LogP contribution is -2.48. The zero-order chi connectivity index (χ0) is 11.6. The Bertz CT molecular complexity index is 207. The van der Waals surface area contributed by atoms with Crippen molar-refractivity contribution in [3.63, 3.8) is 0 Å². The monoisotopic (exact) mass is 205 g/mol. The van der Waals surface area contributed by atoms with Crippen molar-refractivity contribution in [2.75, 3.05) is 20.1 Å². The first kappa shape index (κ1) is 13.4. The minimum atomic E-state index is -1.78. The van der Waals surface area contributed by atoms with E-state index in [2.05, 4.69) is 0 Å². The summed E-state index contributed by atoms with van der Waals surface area (Å²) in [6, 6.07) is 0. The van der Waals surface area contributed by atoms with E-state index in [1.807, 2.05) is 0 Å². The van der Waals surface area contributed by atoms with Crippen molar-refractivity contribution < 1.29 is 20.1 Å². The van der Waals surface area contributed by atoms with Gasteiger partial charge in [0.1, 0.15) is 0 Å². The van der Waals surface area contributed by atoms with E-state index in [9.17, 15) is 15.0 Å². The van der Waals surface area contributed by atoms with Crippen LogP contribution in [0.5, 0.6) is 0 Å². The minimum Gasteiger partial charge on any atom is -0.479 e. The molecule has 0 aliphatic rings. The van der Waals surface area contributed by atoms with Gasteiger partial charge in [0, 0.05) is 13.1 Å². The summed E-state index contributed by atoms with van der Waals surface area (Å²) in [6.07, 6.45) is 0. The molecule has 0 aliphatic heterocycles. The van der Waals surface area contributed by atoms with Gasteiger partial charge in [0.2, 0.25) is 0 Å². The largest absolute Gasteiger partial charge is 0.479 e. The van der Waals surface area contributed by atoms with E-state index in [1.165, 1.54) is 6.92 Å². The summed E-state index contributed by atoms with van der Waals surface area (Å²) in [7, 11) is 1.65. The smallest absolute Gasteiger partial charge is 0.336 e.